The van der Waals surface area contributed by atoms with E-state index in [1.165, 1.54) is 30.5 Å². The molecule has 1 aromatic heterocycles. The number of benzene rings is 1. The molecular weight excluding hydrogens is 237 g/mol. The number of aromatic carboxylic acids is 1. The van der Waals surface area contributed by atoms with Gasteiger partial charge in [-0.2, -0.15) is 0 Å². The highest BCUT2D eigenvalue weighted by Gasteiger charge is 2.13. The minimum Gasteiger partial charge on any atom is -0.478 e. The number of nitrogens with two attached hydrogens (primary N) is 1. The number of nitrogens with zero attached hydrogens (tertiary/aromatic N) is 1. The Bertz CT molecular complexity index is 602. The standard InChI is InChI=1S/C12H10FN3O2/c13-9-3-1-2-4-10(9)16-11-8(12(17)18)5-7(14)6-15-11/h1-6H,14H2,(H,15,16)(H,17,18). The molecule has 2 rings (SSSR count). The zero-order valence-electron chi connectivity index (χ0n) is 9.22. The van der Waals surface area contributed by atoms with Gasteiger partial charge in [0, 0.05) is 0 Å². The third-order valence-corrected chi connectivity index (χ3v) is 2.27. The fraction of sp³-hybridized carbons (Fsp3) is 0. The van der Waals surface area contributed by atoms with Crippen molar-refractivity contribution in [1.82, 2.24) is 4.98 Å². The summed E-state index contributed by atoms with van der Waals surface area (Å²) < 4.78 is 13.4. The van der Waals surface area contributed by atoms with E-state index in [0.717, 1.165) is 0 Å². The largest absolute Gasteiger partial charge is 0.478 e. The average molecular weight is 247 g/mol. The molecule has 92 valence electrons. The predicted octanol–water partition coefficient (Wildman–Crippen LogP) is 2.24. The Labute approximate surface area is 102 Å². The summed E-state index contributed by atoms with van der Waals surface area (Å²) in [4.78, 5) is 14.9. The van der Waals surface area contributed by atoms with E-state index in [9.17, 15) is 9.18 Å². The van der Waals surface area contributed by atoms with E-state index in [1.54, 1.807) is 6.07 Å². The molecule has 4 N–H and O–H groups in total. The molecule has 0 amide bonds. The van der Waals surface area contributed by atoms with Crippen LogP contribution < -0.4 is 11.1 Å². The summed E-state index contributed by atoms with van der Waals surface area (Å²) in [5.74, 6) is -1.64. The second-order valence-electron chi connectivity index (χ2n) is 3.57. The van der Waals surface area contributed by atoms with Gasteiger partial charge in [0.1, 0.15) is 17.2 Å². The van der Waals surface area contributed by atoms with Gasteiger partial charge < -0.3 is 16.2 Å². The van der Waals surface area contributed by atoms with E-state index in [4.69, 9.17) is 10.8 Å². The molecule has 0 aliphatic carbocycles. The molecule has 0 aliphatic rings. The maximum atomic E-state index is 13.4. The number of halogens is 1. The molecule has 18 heavy (non-hydrogen) atoms. The Morgan fingerprint density at radius 1 is 1.39 bits per heavy atom. The van der Waals surface area contributed by atoms with Crippen LogP contribution in [0.4, 0.5) is 21.6 Å². The number of rotatable bonds is 3. The minimum atomic E-state index is -1.19. The van der Waals surface area contributed by atoms with Crippen molar-refractivity contribution in [3.63, 3.8) is 0 Å². The van der Waals surface area contributed by atoms with E-state index < -0.39 is 11.8 Å². The lowest BCUT2D eigenvalue weighted by atomic mass is 10.2. The van der Waals surface area contributed by atoms with Crippen LogP contribution in [0.5, 0.6) is 0 Å². The van der Waals surface area contributed by atoms with Crippen molar-refractivity contribution < 1.29 is 14.3 Å². The average Bonchev–Trinajstić information content (AvgIpc) is 2.34. The van der Waals surface area contributed by atoms with Crippen molar-refractivity contribution in [2.45, 2.75) is 0 Å². The van der Waals surface area contributed by atoms with Crippen LogP contribution in [0.2, 0.25) is 0 Å². The Kier molecular flexibility index (Phi) is 3.09. The van der Waals surface area contributed by atoms with Crippen LogP contribution in [0, 0.1) is 5.82 Å². The van der Waals surface area contributed by atoms with Crippen LogP contribution in [-0.2, 0) is 0 Å². The first-order valence-electron chi connectivity index (χ1n) is 5.08. The Morgan fingerprint density at radius 3 is 2.78 bits per heavy atom. The van der Waals surface area contributed by atoms with Gasteiger partial charge in [-0.05, 0) is 18.2 Å². The van der Waals surface area contributed by atoms with Crippen LogP contribution in [0.15, 0.2) is 36.5 Å². The molecule has 2 aromatic rings. The van der Waals surface area contributed by atoms with Gasteiger partial charge in [0.15, 0.2) is 0 Å². The van der Waals surface area contributed by atoms with Crippen molar-refractivity contribution in [2.24, 2.45) is 0 Å². The molecule has 0 spiro atoms. The summed E-state index contributed by atoms with van der Waals surface area (Å²) in [7, 11) is 0. The zero-order chi connectivity index (χ0) is 13.1. The number of hydrogen-bond acceptors (Lipinski definition) is 4. The first kappa shape index (κ1) is 11.8. The molecule has 0 saturated carbocycles. The van der Waals surface area contributed by atoms with E-state index in [2.05, 4.69) is 10.3 Å². The fourth-order valence-electron chi connectivity index (χ4n) is 1.43. The lowest BCUT2D eigenvalue weighted by molar-refractivity contribution is 0.0697. The highest BCUT2D eigenvalue weighted by Crippen LogP contribution is 2.22. The first-order valence-corrected chi connectivity index (χ1v) is 5.08. The lowest BCUT2D eigenvalue weighted by Gasteiger charge is -2.09. The summed E-state index contributed by atoms with van der Waals surface area (Å²) in [6, 6.07) is 7.18. The topological polar surface area (TPSA) is 88.2 Å². The Balaban J connectivity index is 2.41. The normalized spacial score (nSPS) is 10.1. The van der Waals surface area contributed by atoms with Crippen molar-refractivity contribution >= 4 is 23.2 Å². The first-order chi connectivity index (χ1) is 8.58. The van der Waals surface area contributed by atoms with Gasteiger partial charge in [-0.3, -0.25) is 0 Å². The van der Waals surface area contributed by atoms with Gasteiger partial charge in [-0.1, -0.05) is 12.1 Å². The molecule has 6 heteroatoms. The number of para-hydroxylation sites is 1. The lowest BCUT2D eigenvalue weighted by Crippen LogP contribution is -2.06. The van der Waals surface area contributed by atoms with E-state index in [1.807, 2.05) is 0 Å². The molecule has 1 heterocycles. The Hall–Kier alpha value is -2.63. The van der Waals surface area contributed by atoms with Crippen molar-refractivity contribution in [2.75, 3.05) is 11.1 Å². The minimum absolute atomic E-state index is 0.0433. The smallest absolute Gasteiger partial charge is 0.339 e. The van der Waals surface area contributed by atoms with Gasteiger partial charge in [0.2, 0.25) is 0 Å². The summed E-state index contributed by atoms with van der Waals surface area (Å²) in [5, 5.41) is 11.6. The fourth-order valence-corrected chi connectivity index (χ4v) is 1.43. The van der Waals surface area contributed by atoms with Crippen molar-refractivity contribution in [1.29, 1.82) is 0 Å². The van der Waals surface area contributed by atoms with Crippen LogP contribution in [0.25, 0.3) is 0 Å². The monoisotopic (exact) mass is 247 g/mol. The summed E-state index contributed by atoms with van der Waals surface area (Å²) >= 11 is 0. The number of carbonyl (C=O) groups is 1. The van der Waals surface area contributed by atoms with Crippen LogP contribution in [-0.4, -0.2) is 16.1 Å². The third-order valence-electron chi connectivity index (χ3n) is 2.27. The SMILES string of the molecule is Nc1cnc(Nc2ccccc2F)c(C(=O)O)c1. The van der Waals surface area contributed by atoms with Gasteiger partial charge >= 0.3 is 5.97 Å². The third kappa shape index (κ3) is 2.37. The second kappa shape index (κ2) is 4.70. The Morgan fingerprint density at radius 2 is 2.11 bits per heavy atom. The molecule has 0 fully saturated rings. The number of aromatic nitrogens is 1. The van der Waals surface area contributed by atoms with Crippen molar-refractivity contribution in [3.05, 3.63) is 47.9 Å². The van der Waals surface area contributed by atoms with Gasteiger partial charge in [-0.25, -0.2) is 14.2 Å². The molecule has 0 aliphatic heterocycles. The highest BCUT2D eigenvalue weighted by atomic mass is 19.1. The molecule has 5 nitrogen and oxygen atoms in total. The van der Waals surface area contributed by atoms with Crippen LogP contribution >= 0.6 is 0 Å². The summed E-state index contributed by atoms with van der Waals surface area (Å²) in [6.45, 7) is 0. The summed E-state index contributed by atoms with van der Waals surface area (Å²) in [6.07, 6.45) is 1.30. The van der Waals surface area contributed by atoms with Gasteiger partial charge in [0.25, 0.3) is 0 Å². The molecule has 0 unspecified atom stereocenters. The van der Waals surface area contributed by atoms with E-state index >= 15 is 0 Å². The molecule has 0 bridgehead atoms. The van der Waals surface area contributed by atoms with Crippen LogP contribution in [0.3, 0.4) is 0 Å². The number of carboxylic acids is 1. The predicted molar refractivity (Wildman–Crippen MR) is 65.3 cm³/mol. The molecular formula is C12H10FN3O2. The van der Waals surface area contributed by atoms with Gasteiger partial charge in [0.05, 0.1) is 17.6 Å². The number of anilines is 3. The molecule has 1 aromatic carbocycles. The number of pyridine rings is 1. The zero-order valence-corrected chi connectivity index (χ0v) is 9.22. The maximum Gasteiger partial charge on any atom is 0.339 e. The van der Waals surface area contributed by atoms with Crippen molar-refractivity contribution in [3.8, 4) is 0 Å². The highest BCUT2D eigenvalue weighted by molar-refractivity contribution is 5.94. The maximum absolute atomic E-state index is 13.4. The molecule has 0 saturated heterocycles. The second-order valence-corrected chi connectivity index (χ2v) is 3.57. The number of nitrogens with one attached hydrogen (secondary N) is 1. The quantitative estimate of drug-likeness (QED) is 0.774. The number of carboxylic acid groups (broad SMARTS) is 1. The molecule has 0 atom stereocenters. The van der Waals surface area contributed by atoms with E-state index in [-0.39, 0.29) is 22.8 Å². The summed E-state index contributed by atoms with van der Waals surface area (Å²) in [5.41, 5.74) is 5.73. The van der Waals surface area contributed by atoms with Gasteiger partial charge in [-0.15, -0.1) is 0 Å². The number of nitrogen functional groups attached to an aromatic ring is 1. The molecule has 0 radical (unpaired) electrons. The number of hydrogen-bond donors (Lipinski definition) is 3. The van der Waals surface area contributed by atoms with Crippen LogP contribution in [0.1, 0.15) is 10.4 Å². The van der Waals surface area contributed by atoms with E-state index in [0.29, 0.717) is 0 Å².